The smallest absolute Gasteiger partial charge is 0.244 e. The molecule has 1 N–H and O–H groups in total. The fourth-order valence-electron chi connectivity index (χ4n) is 3.06. The summed E-state index contributed by atoms with van der Waals surface area (Å²) in [7, 11) is -3.68. The monoisotopic (exact) mass is 392 g/mol. The van der Waals surface area contributed by atoms with E-state index < -0.39 is 22.0 Å². The number of sulfonamides is 1. The molecular formula is C20H25FN2O3S. The maximum Gasteiger partial charge on any atom is 0.244 e. The van der Waals surface area contributed by atoms with Crippen LogP contribution in [0.5, 0.6) is 0 Å². The van der Waals surface area contributed by atoms with Crippen LogP contribution in [0.25, 0.3) is 0 Å². The van der Waals surface area contributed by atoms with Crippen LogP contribution in [0.4, 0.5) is 10.1 Å². The van der Waals surface area contributed by atoms with Crippen molar-refractivity contribution in [2.24, 2.45) is 0 Å². The highest BCUT2D eigenvalue weighted by molar-refractivity contribution is 7.92. The number of amides is 1. The van der Waals surface area contributed by atoms with E-state index >= 15 is 0 Å². The Kier molecular flexibility index (Phi) is 6.26. The summed E-state index contributed by atoms with van der Waals surface area (Å²) in [5.41, 5.74) is 3.00. The molecule has 0 fully saturated rings. The first-order valence-corrected chi connectivity index (χ1v) is 10.5. The zero-order valence-electron chi connectivity index (χ0n) is 16.2. The Morgan fingerprint density at radius 1 is 1.04 bits per heavy atom. The minimum atomic E-state index is -3.68. The molecular weight excluding hydrogens is 367 g/mol. The SMILES string of the molecule is Cc1cc(C)cc(N([C@@H](C)C(=O)N[C@H](C)c2ccc(F)cc2)S(C)(=O)=O)c1. The van der Waals surface area contributed by atoms with Crippen molar-refractivity contribution < 1.29 is 17.6 Å². The van der Waals surface area contributed by atoms with Crippen molar-refractivity contribution in [1.82, 2.24) is 5.32 Å². The fourth-order valence-corrected chi connectivity index (χ4v) is 4.21. The molecule has 146 valence electrons. The number of aryl methyl sites for hydroxylation is 2. The summed E-state index contributed by atoms with van der Waals surface area (Å²) in [5, 5.41) is 2.80. The Morgan fingerprint density at radius 3 is 2.04 bits per heavy atom. The largest absolute Gasteiger partial charge is 0.348 e. The van der Waals surface area contributed by atoms with Gasteiger partial charge in [0.15, 0.2) is 0 Å². The number of nitrogens with zero attached hydrogens (tertiary/aromatic N) is 1. The zero-order valence-corrected chi connectivity index (χ0v) is 17.0. The van der Waals surface area contributed by atoms with Crippen molar-refractivity contribution in [1.29, 1.82) is 0 Å². The normalized spacial score (nSPS) is 13.7. The van der Waals surface area contributed by atoms with Gasteiger partial charge in [-0.1, -0.05) is 18.2 Å². The molecule has 2 atom stereocenters. The summed E-state index contributed by atoms with van der Waals surface area (Å²) in [6.07, 6.45) is 1.08. The van der Waals surface area contributed by atoms with Crippen molar-refractivity contribution in [3.63, 3.8) is 0 Å². The Hall–Kier alpha value is -2.41. The van der Waals surface area contributed by atoms with E-state index in [1.54, 1.807) is 38.1 Å². The second-order valence-corrected chi connectivity index (χ2v) is 8.72. The number of anilines is 1. The molecule has 0 spiro atoms. The maximum absolute atomic E-state index is 13.1. The van der Waals surface area contributed by atoms with Crippen LogP contribution in [0.2, 0.25) is 0 Å². The number of halogens is 1. The lowest BCUT2D eigenvalue weighted by Crippen LogP contribution is -2.48. The number of carbonyl (C=O) groups is 1. The third-order valence-corrected chi connectivity index (χ3v) is 5.52. The maximum atomic E-state index is 13.1. The molecule has 0 aliphatic rings. The van der Waals surface area contributed by atoms with Crippen molar-refractivity contribution in [3.8, 4) is 0 Å². The highest BCUT2D eigenvalue weighted by atomic mass is 32.2. The van der Waals surface area contributed by atoms with E-state index in [9.17, 15) is 17.6 Å². The van der Waals surface area contributed by atoms with Gasteiger partial charge in [0, 0.05) is 0 Å². The molecule has 0 saturated heterocycles. The lowest BCUT2D eigenvalue weighted by molar-refractivity contribution is -0.122. The van der Waals surface area contributed by atoms with Gasteiger partial charge in [-0.15, -0.1) is 0 Å². The lowest BCUT2D eigenvalue weighted by Gasteiger charge is -2.29. The molecule has 27 heavy (non-hydrogen) atoms. The van der Waals surface area contributed by atoms with E-state index in [1.807, 2.05) is 19.9 Å². The van der Waals surface area contributed by atoms with Gasteiger partial charge in [0.1, 0.15) is 11.9 Å². The van der Waals surface area contributed by atoms with Gasteiger partial charge in [-0.05, 0) is 68.7 Å². The summed E-state index contributed by atoms with van der Waals surface area (Å²) in [4.78, 5) is 12.7. The minimum Gasteiger partial charge on any atom is -0.348 e. The quantitative estimate of drug-likeness (QED) is 0.819. The number of rotatable bonds is 6. The predicted octanol–water partition coefficient (Wildman–Crippen LogP) is 3.47. The molecule has 0 aromatic heterocycles. The Bertz CT molecular complexity index is 906. The van der Waals surface area contributed by atoms with Gasteiger partial charge in [-0.3, -0.25) is 9.10 Å². The number of benzene rings is 2. The summed E-state index contributed by atoms with van der Waals surface area (Å²) < 4.78 is 39.0. The molecule has 0 bridgehead atoms. The molecule has 0 aliphatic carbocycles. The fraction of sp³-hybridized carbons (Fsp3) is 0.350. The summed E-state index contributed by atoms with van der Waals surface area (Å²) in [5.74, 6) is -0.792. The summed E-state index contributed by atoms with van der Waals surface area (Å²) in [6, 6.07) is 9.89. The van der Waals surface area contributed by atoms with E-state index in [0.29, 0.717) is 5.69 Å². The van der Waals surface area contributed by atoms with Crippen LogP contribution in [-0.4, -0.2) is 26.6 Å². The van der Waals surface area contributed by atoms with Gasteiger partial charge in [0.25, 0.3) is 0 Å². The molecule has 0 radical (unpaired) electrons. The molecule has 1 amide bonds. The first-order valence-electron chi connectivity index (χ1n) is 8.62. The average molecular weight is 392 g/mol. The van der Waals surface area contributed by atoms with Gasteiger partial charge < -0.3 is 5.32 Å². The van der Waals surface area contributed by atoms with E-state index in [1.165, 1.54) is 12.1 Å². The standard InChI is InChI=1S/C20H25FN2O3S/c1-13-10-14(2)12-19(11-13)23(27(5,25)26)16(4)20(24)22-15(3)17-6-8-18(21)9-7-17/h6-12,15-16H,1-5H3,(H,22,24)/t15-,16+/m1/s1. The van der Waals surface area contributed by atoms with Crippen LogP contribution in [0.15, 0.2) is 42.5 Å². The highest BCUT2D eigenvalue weighted by Crippen LogP contribution is 2.24. The molecule has 2 aromatic rings. The van der Waals surface area contributed by atoms with E-state index in [-0.39, 0.29) is 11.9 Å². The Morgan fingerprint density at radius 2 is 1.56 bits per heavy atom. The van der Waals surface area contributed by atoms with E-state index in [2.05, 4.69) is 5.32 Å². The Labute approximate surface area is 160 Å². The third kappa shape index (κ3) is 5.29. The van der Waals surface area contributed by atoms with Crippen molar-refractivity contribution in [2.75, 3.05) is 10.6 Å². The average Bonchev–Trinajstić information content (AvgIpc) is 2.53. The number of carbonyl (C=O) groups excluding carboxylic acids is 1. The molecule has 2 rings (SSSR count). The molecule has 5 nitrogen and oxygen atoms in total. The minimum absolute atomic E-state index is 0.358. The zero-order chi connectivity index (χ0) is 20.4. The van der Waals surface area contributed by atoms with Crippen LogP contribution in [0, 0.1) is 19.7 Å². The third-order valence-electron chi connectivity index (χ3n) is 4.28. The summed E-state index contributed by atoms with van der Waals surface area (Å²) in [6.45, 7) is 7.06. The first-order chi connectivity index (χ1) is 12.5. The van der Waals surface area contributed by atoms with E-state index in [0.717, 1.165) is 27.3 Å². The van der Waals surface area contributed by atoms with Gasteiger partial charge in [-0.2, -0.15) is 0 Å². The number of nitrogens with one attached hydrogen (secondary N) is 1. The van der Waals surface area contributed by atoms with Crippen LogP contribution >= 0.6 is 0 Å². The first kappa shape index (κ1) is 20.9. The van der Waals surface area contributed by atoms with Crippen molar-refractivity contribution >= 4 is 21.6 Å². The highest BCUT2D eigenvalue weighted by Gasteiger charge is 2.30. The molecule has 0 heterocycles. The van der Waals surface area contributed by atoms with Gasteiger partial charge in [-0.25, -0.2) is 12.8 Å². The second kappa shape index (κ2) is 8.08. The number of hydrogen-bond acceptors (Lipinski definition) is 3. The topological polar surface area (TPSA) is 66.5 Å². The van der Waals surface area contributed by atoms with Crippen molar-refractivity contribution in [3.05, 3.63) is 65.0 Å². The van der Waals surface area contributed by atoms with Gasteiger partial charge >= 0.3 is 0 Å². The van der Waals surface area contributed by atoms with Crippen LogP contribution in [0.3, 0.4) is 0 Å². The Balaban J connectivity index is 2.28. The van der Waals surface area contributed by atoms with Crippen LogP contribution in [-0.2, 0) is 14.8 Å². The lowest BCUT2D eigenvalue weighted by atomic mass is 10.1. The second-order valence-electron chi connectivity index (χ2n) is 6.86. The van der Waals surface area contributed by atoms with Gasteiger partial charge in [0.2, 0.25) is 15.9 Å². The van der Waals surface area contributed by atoms with E-state index in [4.69, 9.17) is 0 Å². The summed E-state index contributed by atoms with van der Waals surface area (Å²) >= 11 is 0. The molecule has 0 aliphatic heterocycles. The van der Waals surface area contributed by atoms with Gasteiger partial charge in [0.05, 0.1) is 18.0 Å². The molecule has 2 aromatic carbocycles. The number of hydrogen-bond donors (Lipinski definition) is 1. The predicted molar refractivity (Wildman–Crippen MR) is 106 cm³/mol. The van der Waals surface area contributed by atoms with Crippen LogP contribution in [0.1, 0.15) is 36.6 Å². The van der Waals surface area contributed by atoms with Crippen LogP contribution < -0.4 is 9.62 Å². The molecule has 7 heteroatoms. The molecule has 0 saturated carbocycles. The molecule has 0 unspecified atom stereocenters. The van der Waals surface area contributed by atoms with Crippen molar-refractivity contribution in [2.45, 2.75) is 39.8 Å².